The normalized spacial score (nSPS) is 12.3. The van der Waals surface area contributed by atoms with Gasteiger partial charge in [0, 0.05) is 6.20 Å². The molecule has 0 radical (unpaired) electrons. The topological polar surface area (TPSA) is 87.1 Å². The van der Waals surface area contributed by atoms with Gasteiger partial charge in [-0.2, -0.15) is 5.10 Å². The van der Waals surface area contributed by atoms with Gasteiger partial charge in [-0.25, -0.2) is 19.4 Å². The number of nitrogens with one attached hydrogen (secondary N) is 1. The summed E-state index contributed by atoms with van der Waals surface area (Å²) in [4.78, 5) is 34.3. The maximum absolute atomic E-state index is 13.5. The molecular formula is C21H24N6O2. The van der Waals surface area contributed by atoms with Crippen molar-refractivity contribution in [3.63, 3.8) is 0 Å². The second kappa shape index (κ2) is 8.00. The Balaban J connectivity index is 1.88. The van der Waals surface area contributed by atoms with Crippen molar-refractivity contribution in [2.24, 2.45) is 0 Å². The highest BCUT2D eigenvalue weighted by atomic mass is 16.2. The zero-order chi connectivity index (χ0) is 20.4. The number of anilines is 2. The minimum Gasteiger partial charge on any atom is -0.295 e. The third-order valence-corrected chi connectivity index (χ3v) is 4.96. The molecule has 2 aromatic heterocycles. The van der Waals surface area contributed by atoms with E-state index in [4.69, 9.17) is 0 Å². The first-order chi connectivity index (χ1) is 14.2. The van der Waals surface area contributed by atoms with Crippen molar-refractivity contribution in [3.8, 4) is 17.1 Å². The van der Waals surface area contributed by atoms with Crippen molar-refractivity contribution in [1.29, 1.82) is 0 Å². The lowest BCUT2D eigenvalue weighted by molar-refractivity contribution is -0.119. The first-order valence-corrected chi connectivity index (χ1v) is 9.93. The second-order valence-electron chi connectivity index (χ2n) is 7.06. The number of carbonyl (C=O) groups excluding carboxylic acids is 1. The summed E-state index contributed by atoms with van der Waals surface area (Å²) in [6, 6.07) is 11.0. The van der Waals surface area contributed by atoms with E-state index in [9.17, 15) is 9.59 Å². The summed E-state index contributed by atoms with van der Waals surface area (Å²) < 4.78 is 1.50. The second-order valence-corrected chi connectivity index (χ2v) is 7.06. The number of rotatable bonds is 6. The smallest absolute Gasteiger partial charge is 0.295 e. The number of carbonyl (C=O) groups is 1. The predicted molar refractivity (Wildman–Crippen MR) is 112 cm³/mol. The lowest BCUT2D eigenvalue weighted by Gasteiger charge is -2.27. The van der Waals surface area contributed by atoms with E-state index in [1.165, 1.54) is 4.57 Å². The molecule has 0 bridgehead atoms. The van der Waals surface area contributed by atoms with Crippen molar-refractivity contribution in [2.45, 2.75) is 26.7 Å². The predicted octanol–water partition coefficient (Wildman–Crippen LogP) is 2.72. The Hall–Kier alpha value is -3.26. The Labute approximate surface area is 168 Å². The average molecular weight is 392 g/mol. The minimum absolute atomic E-state index is 0.0820. The number of aromatic nitrogens is 4. The van der Waals surface area contributed by atoms with E-state index in [-0.39, 0.29) is 18.1 Å². The molecule has 3 heterocycles. The van der Waals surface area contributed by atoms with Crippen LogP contribution in [0.15, 0.2) is 47.4 Å². The van der Waals surface area contributed by atoms with Crippen LogP contribution in [0, 0.1) is 0 Å². The van der Waals surface area contributed by atoms with Gasteiger partial charge in [-0.15, -0.1) is 0 Å². The molecule has 0 unspecified atom stereocenters. The van der Waals surface area contributed by atoms with Gasteiger partial charge in [-0.1, -0.05) is 26.0 Å². The Bertz CT molecular complexity index is 1080. The maximum Gasteiger partial charge on any atom is 0.348 e. The molecule has 1 aliphatic heterocycles. The van der Waals surface area contributed by atoms with Crippen LogP contribution in [0.2, 0.25) is 0 Å². The van der Waals surface area contributed by atoms with E-state index >= 15 is 0 Å². The van der Waals surface area contributed by atoms with Crippen LogP contribution < -0.4 is 10.6 Å². The van der Waals surface area contributed by atoms with Crippen molar-refractivity contribution in [3.05, 3.63) is 53.1 Å². The summed E-state index contributed by atoms with van der Waals surface area (Å²) in [5.74, 6) is 0.844. The van der Waals surface area contributed by atoms with Gasteiger partial charge < -0.3 is 0 Å². The highest BCUT2D eigenvalue weighted by molar-refractivity contribution is 6.06. The molecule has 0 aliphatic carbocycles. The van der Waals surface area contributed by atoms with Crippen LogP contribution in [0.25, 0.3) is 17.1 Å². The summed E-state index contributed by atoms with van der Waals surface area (Å²) in [5, 5.41) is 6.72. The number of benzene rings is 1. The third kappa shape index (κ3) is 3.36. The van der Waals surface area contributed by atoms with Crippen LogP contribution in [0.3, 0.4) is 0 Å². The molecule has 0 spiro atoms. The van der Waals surface area contributed by atoms with E-state index in [0.29, 0.717) is 28.6 Å². The Kier molecular flexibility index (Phi) is 5.26. The van der Waals surface area contributed by atoms with Crippen LogP contribution in [-0.4, -0.2) is 50.2 Å². The monoisotopic (exact) mass is 392 g/mol. The summed E-state index contributed by atoms with van der Waals surface area (Å²) in [7, 11) is 0. The van der Waals surface area contributed by atoms with E-state index < -0.39 is 0 Å². The van der Waals surface area contributed by atoms with Gasteiger partial charge in [0.1, 0.15) is 0 Å². The number of pyridine rings is 1. The lowest BCUT2D eigenvalue weighted by Crippen LogP contribution is -2.39. The standard InChI is InChI=1S/C21H24N6O2/c1-3-12-25(13-4-2)14-18(28)26-16-9-5-6-10-17(16)27-20(23-24-21(27)29)15-8-7-11-22-19(15)26/h5-11H,3-4,12-14H2,1-2H3,(H,24,29). The van der Waals surface area contributed by atoms with Gasteiger partial charge in [0.15, 0.2) is 11.6 Å². The number of fused-ring (bicyclic) bond motifs is 5. The molecule has 8 heteroatoms. The first kappa shape index (κ1) is 19.1. The van der Waals surface area contributed by atoms with Gasteiger partial charge in [0.05, 0.1) is 23.5 Å². The molecule has 0 saturated heterocycles. The third-order valence-electron chi connectivity index (χ3n) is 4.96. The van der Waals surface area contributed by atoms with Crippen LogP contribution in [0.1, 0.15) is 26.7 Å². The van der Waals surface area contributed by atoms with Gasteiger partial charge in [0.2, 0.25) is 5.91 Å². The molecule has 0 atom stereocenters. The molecule has 1 aliphatic rings. The quantitative estimate of drug-likeness (QED) is 0.697. The zero-order valence-electron chi connectivity index (χ0n) is 16.6. The van der Waals surface area contributed by atoms with Crippen LogP contribution >= 0.6 is 0 Å². The number of amides is 1. The van der Waals surface area contributed by atoms with E-state index in [0.717, 1.165) is 25.9 Å². The molecule has 1 N–H and O–H groups in total. The lowest BCUT2D eigenvalue weighted by atomic mass is 10.2. The molecule has 29 heavy (non-hydrogen) atoms. The highest BCUT2D eigenvalue weighted by Crippen LogP contribution is 2.39. The average Bonchev–Trinajstić information content (AvgIpc) is 3.04. The van der Waals surface area contributed by atoms with Crippen molar-refractivity contribution >= 4 is 17.4 Å². The van der Waals surface area contributed by atoms with Crippen molar-refractivity contribution in [2.75, 3.05) is 24.5 Å². The van der Waals surface area contributed by atoms with Gasteiger partial charge in [-0.3, -0.25) is 14.6 Å². The molecular weight excluding hydrogens is 368 g/mol. The Morgan fingerprint density at radius 2 is 1.79 bits per heavy atom. The number of hydrogen-bond acceptors (Lipinski definition) is 5. The van der Waals surface area contributed by atoms with Crippen LogP contribution in [-0.2, 0) is 4.79 Å². The first-order valence-electron chi connectivity index (χ1n) is 9.93. The Morgan fingerprint density at radius 3 is 2.52 bits per heavy atom. The largest absolute Gasteiger partial charge is 0.348 e. The number of H-pyrrole nitrogens is 1. The fraction of sp³-hybridized carbons (Fsp3) is 0.333. The van der Waals surface area contributed by atoms with Crippen molar-refractivity contribution in [1.82, 2.24) is 24.6 Å². The SMILES string of the molecule is CCCN(CCC)CC(=O)N1c2ccccc2-n2c(n[nH]c2=O)-c2cccnc21. The molecule has 4 rings (SSSR count). The molecule has 8 nitrogen and oxygen atoms in total. The number of aromatic amines is 1. The Morgan fingerprint density at radius 1 is 1.07 bits per heavy atom. The maximum atomic E-state index is 13.5. The fourth-order valence-corrected chi connectivity index (χ4v) is 3.82. The summed E-state index contributed by atoms with van der Waals surface area (Å²) in [6.07, 6.45) is 3.60. The highest BCUT2D eigenvalue weighted by Gasteiger charge is 2.32. The number of nitrogens with zero attached hydrogens (tertiary/aromatic N) is 5. The summed E-state index contributed by atoms with van der Waals surface area (Å²) in [5.41, 5.74) is 1.50. The molecule has 1 amide bonds. The molecule has 0 fully saturated rings. The molecule has 3 aromatic rings. The van der Waals surface area contributed by atoms with Gasteiger partial charge in [0.25, 0.3) is 0 Å². The summed E-state index contributed by atoms with van der Waals surface area (Å²) >= 11 is 0. The minimum atomic E-state index is -0.352. The molecule has 1 aromatic carbocycles. The van der Waals surface area contributed by atoms with E-state index in [1.807, 2.05) is 30.3 Å². The van der Waals surface area contributed by atoms with Gasteiger partial charge in [-0.05, 0) is 50.2 Å². The van der Waals surface area contributed by atoms with E-state index in [1.54, 1.807) is 17.2 Å². The van der Waals surface area contributed by atoms with Gasteiger partial charge >= 0.3 is 5.69 Å². The van der Waals surface area contributed by atoms with Crippen LogP contribution in [0.5, 0.6) is 0 Å². The van der Waals surface area contributed by atoms with Crippen LogP contribution in [0.4, 0.5) is 11.5 Å². The van der Waals surface area contributed by atoms with E-state index in [2.05, 4.69) is 33.9 Å². The van der Waals surface area contributed by atoms with Crippen molar-refractivity contribution < 1.29 is 4.79 Å². The molecule has 0 saturated carbocycles. The fourth-order valence-electron chi connectivity index (χ4n) is 3.82. The number of hydrogen-bond donors (Lipinski definition) is 1. The summed E-state index contributed by atoms with van der Waals surface area (Å²) in [6.45, 7) is 6.20. The molecule has 150 valence electrons. The number of para-hydroxylation sites is 2. The zero-order valence-corrected chi connectivity index (χ0v) is 16.6.